The summed E-state index contributed by atoms with van der Waals surface area (Å²) in [6.07, 6.45) is 0. The minimum absolute atomic E-state index is 0.200. The Morgan fingerprint density at radius 2 is 2.00 bits per heavy atom. The van der Waals surface area contributed by atoms with E-state index in [4.69, 9.17) is 27.9 Å². The zero-order chi connectivity index (χ0) is 15.2. The van der Waals surface area contributed by atoms with Crippen molar-refractivity contribution in [2.75, 3.05) is 5.88 Å². The topological polar surface area (TPSA) is 9.23 Å². The van der Waals surface area contributed by atoms with Crippen LogP contribution in [0.4, 0.5) is 4.39 Å². The van der Waals surface area contributed by atoms with Crippen molar-refractivity contribution >= 4 is 23.2 Å². The first-order valence-corrected chi connectivity index (χ1v) is 7.23. The van der Waals surface area contributed by atoms with Gasteiger partial charge in [0.2, 0.25) is 0 Å². The highest BCUT2D eigenvalue weighted by Crippen LogP contribution is 2.21. The SMILES string of the molecule is Cc1ccc(COc2cc(F)cc(C#CCCl)c2)c(Cl)c1. The number of alkyl halides is 1. The zero-order valence-corrected chi connectivity index (χ0v) is 12.9. The van der Waals surface area contributed by atoms with Crippen LogP contribution in [-0.4, -0.2) is 5.88 Å². The van der Waals surface area contributed by atoms with E-state index in [2.05, 4.69) is 11.8 Å². The first-order chi connectivity index (χ1) is 10.1. The van der Waals surface area contributed by atoms with Gasteiger partial charge in [0.15, 0.2) is 0 Å². The summed E-state index contributed by atoms with van der Waals surface area (Å²) < 4.78 is 19.1. The summed E-state index contributed by atoms with van der Waals surface area (Å²) in [5.74, 6) is 5.65. The molecule has 0 fully saturated rings. The quantitative estimate of drug-likeness (QED) is 0.573. The molecule has 2 aromatic carbocycles. The zero-order valence-electron chi connectivity index (χ0n) is 11.4. The van der Waals surface area contributed by atoms with Gasteiger partial charge in [0.05, 0.1) is 5.88 Å². The molecular formula is C17H13Cl2FO. The molecule has 0 aromatic heterocycles. The van der Waals surface area contributed by atoms with Crippen molar-refractivity contribution in [3.63, 3.8) is 0 Å². The molecule has 0 spiro atoms. The fourth-order valence-electron chi connectivity index (χ4n) is 1.78. The summed E-state index contributed by atoms with van der Waals surface area (Å²) in [4.78, 5) is 0. The highest BCUT2D eigenvalue weighted by molar-refractivity contribution is 6.31. The van der Waals surface area contributed by atoms with Gasteiger partial charge >= 0.3 is 0 Å². The van der Waals surface area contributed by atoms with Gasteiger partial charge in [0.1, 0.15) is 18.2 Å². The third-order valence-corrected chi connectivity index (χ3v) is 3.26. The van der Waals surface area contributed by atoms with Gasteiger partial charge in [0, 0.05) is 22.2 Å². The Morgan fingerprint density at radius 1 is 1.19 bits per heavy atom. The van der Waals surface area contributed by atoms with Crippen LogP contribution in [0, 0.1) is 24.6 Å². The molecule has 1 nitrogen and oxygen atoms in total. The molecule has 0 bridgehead atoms. The van der Waals surface area contributed by atoms with Gasteiger partial charge in [-0.3, -0.25) is 0 Å². The van der Waals surface area contributed by atoms with Gasteiger partial charge < -0.3 is 4.74 Å². The van der Waals surface area contributed by atoms with Crippen LogP contribution in [0.15, 0.2) is 36.4 Å². The van der Waals surface area contributed by atoms with E-state index in [0.29, 0.717) is 16.3 Å². The molecule has 0 N–H and O–H groups in total. The lowest BCUT2D eigenvalue weighted by molar-refractivity contribution is 0.304. The largest absolute Gasteiger partial charge is 0.489 e. The van der Waals surface area contributed by atoms with E-state index in [0.717, 1.165) is 11.1 Å². The maximum absolute atomic E-state index is 13.5. The predicted octanol–water partition coefficient (Wildman–Crippen LogP) is 4.96. The molecule has 0 atom stereocenters. The van der Waals surface area contributed by atoms with Gasteiger partial charge in [-0.2, -0.15) is 0 Å². The molecule has 0 aliphatic rings. The van der Waals surface area contributed by atoms with Crippen molar-refractivity contribution in [2.24, 2.45) is 0 Å². The van der Waals surface area contributed by atoms with Crippen molar-refractivity contribution in [1.82, 2.24) is 0 Å². The van der Waals surface area contributed by atoms with Crippen LogP contribution in [0.1, 0.15) is 16.7 Å². The molecule has 0 saturated carbocycles. The highest BCUT2D eigenvalue weighted by atomic mass is 35.5. The number of halogens is 3. The summed E-state index contributed by atoms with van der Waals surface area (Å²) in [7, 11) is 0. The highest BCUT2D eigenvalue weighted by Gasteiger charge is 2.04. The summed E-state index contributed by atoms with van der Waals surface area (Å²) in [5.41, 5.74) is 2.45. The molecule has 2 aromatic rings. The van der Waals surface area contributed by atoms with E-state index in [-0.39, 0.29) is 12.5 Å². The smallest absolute Gasteiger partial charge is 0.128 e. The molecular weight excluding hydrogens is 310 g/mol. The Hall–Kier alpha value is -1.69. The first-order valence-electron chi connectivity index (χ1n) is 6.32. The van der Waals surface area contributed by atoms with Crippen molar-refractivity contribution in [3.05, 3.63) is 63.9 Å². The molecule has 21 heavy (non-hydrogen) atoms. The van der Waals surface area contributed by atoms with E-state index >= 15 is 0 Å². The minimum atomic E-state index is -0.402. The van der Waals surface area contributed by atoms with Gasteiger partial charge in [-0.05, 0) is 30.7 Å². The second kappa shape index (κ2) is 7.36. The van der Waals surface area contributed by atoms with Crippen LogP contribution in [0.5, 0.6) is 5.75 Å². The second-order valence-corrected chi connectivity index (χ2v) is 5.17. The van der Waals surface area contributed by atoms with Crippen LogP contribution < -0.4 is 4.74 Å². The average Bonchev–Trinajstić information content (AvgIpc) is 2.43. The summed E-state index contributed by atoms with van der Waals surface area (Å²) in [6.45, 7) is 2.23. The van der Waals surface area contributed by atoms with Crippen LogP contribution in [0.3, 0.4) is 0 Å². The molecule has 2 rings (SSSR count). The Bertz CT molecular complexity index is 702. The predicted molar refractivity (Wildman–Crippen MR) is 84.5 cm³/mol. The molecule has 0 aliphatic carbocycles. The van der Waals surface area contributed by atoms with E-state index in [1.165, 1.54) is 12.1 Å². The normalized spacial score (nSPS) is 9.90. The van der Waals surface area contributed by atoms with Gasteiger partial charge in [-0.15, -0.1) is 11.6 Å². The number of benzene rings is 2. The molecule has 0 saturated heterocycles. The maximum atomic E-state index is 13.5. The Labute approximate surface area is 133 Å². The summed E-state index contributed by atoms with van der Waals surface area (Å²) >= 11 is 11.6. The maximum Gasteiger partial charge on any atom is 0.128 e. The number of rotatable bonds is 3. The summed E-state index contributed by atoms with van der Waals surface area (Å²) in [5, 5.41) is 0.633. The summed E-state index contributed by atoms with van der Waals surface area (Å²) in [6, 6.07) is 10.0. The van der Waals surface area contributed by atoms with Gasteiger partial charge in [-0.1, -0.05) is 35.6 Å². The van der Waals surface area contributed by atoms with Crippen molar-refractivity contribution in [1.29, 1.82) is 0 Å². The fourth-order valence-corrected chi connectivity index (χ4v) is 2.14. The third kappa shape index (κ3) is 4.67. The van der Waals surface area contributed by atoms with E-state index in [1.54, 1.807) is 6.07 Å². The number of hydrogen-bond acceptors (Lipinski definition) is 1. The minimum Gasteiger partial charge on any atom is -0.489 e. The van der Waals surface area contributed by atoms with Crippen LogP contribution >= 0.6 is 23.2 Å². The Balaban J connectivity index is 2.14. The van der Waals surface area contributed by atoms with Crippen molar-refractivity contribution in [3.8, 4) is 17.6 Å². The number of hydrogen-bond donors (Lipinski definition) is 0. The lowest BCUT2D eigenvalue weighted by Gasteiger charge is -2.09. The van der Waals surface area contributed by atoms with Crippen LogP contribution in [0.25, 0.3) is 0 Å². The lowest BCUT2D eigenvalue weighted by atomic mass is 10.1. The monoisotopic (exact) mass is 322 g/mol. The molecule has 108 valence electrons. The second-order valence-electron chi connectivity index (χ2n) is 4.49. The number of aryl methyl sites for hydroxylation is 1. The van der Waals surface area contributed by atoms with Crippen LogP contribution in [0.2, 0.25) is 5.02 Å². The molecule has 0 radical (unpaired) electrons. The lowest BCUT2D eigenvalue weighted by Crippen LogP contribution is -1.97. The Morgan fingerprint density at radius 3 is 2.71 bits per heavy atom. The van der Waals surface area contributed by atoms with E-state index < -0.39 is 5.82 Å². The van der Waals surface area contributed by atoms with Gasteiger partial charge in [0.25, 0.3) is 0 Å². The standard InChI is InChI=1S/C17H13Cl2FO/c1-12-4-5-14(17(19)7-12)11-21-16-9-13(3-2-6-18)8-15(20)10-16/h4-5,7-10H,6,11H2,1H3. The van der Waals surface area contributed by atoms with Crippen molar-refractivity contribution < 1.29 is 9.13 Å². The van der Waals surface area contributed by atoms with Crippen LogP contribution in [-0.2, 0) is 6.61 Å². The molecule has 0 aliphatic heterocycles. The van der Waals surface area contributed by atoms with E-state index in [1.807, 2.05) is 25.1 Å². The van der Waals surface area contributed by atoms with Gasteiger partial charge in [-0.25, -0.2) is 4.39 Å². The van der Waals surface area contributed by atoms with E-state index in [9.17, 15) is 4.39 Å². The molecule has 0 amide bonds. The molecule has 4 heteroatoms. The third-order valence-electron chi connectivity index (χ3n) is 2.77. The first kappa shape index (κ1) is 15.7. The number of ether oxygens (including phenoxy) is 1. The van der Waals surface area contributed by atoms with Crippen molar-refractivity contribution in [2.45, 2.75) is 13.5 Å². The average molecular weight is 323 g/mol. The Kier molecular flexibility index (Phi) is 5.50. The molecule has 0 unspecified atom stereocenters. The fraction of sp³-hybridized carbons (Fsp3) is 0.176. The molecule has 0 heterocycles.